The van der Waals surface area contributed by atoms with Crippen molar-refractivity contribution in [3.63, 3.8) is 0 Å². The molecule has 0 spiro atoms. The van der Waals surface area contributed by atoms with Crippen molar-refractivity contribution < 1.29 is 18.1 Å². The predicted molar refractivity (Wildman–Crippen MR) is 160 cm³/mol. The van der Waals surface area contributed by atoms with E-state index in [1.165, 1.54) is 43.1 Å². The predicted octanol–water partition coefficient (Wildman–Crippen LogP) is 6.03. The van der Waals surface area contributed by atoms with E-state index in [4.69, 9.17) is 9.72 Å². The molecule has 1 fully saturated rings. The van der Waals surface area contributed by atoms with Crippen LogP contribution < -0.4 is 19.8 Å². The van der Waals surface area contributed by atoms with Crippen LogP contribution in [0.4, 0.5) is 22.2 Å². The van der Waals surface area contributed by atoms with Crippen molar-refractivity contribution in [2.75, 3.05) is 35.2 Å². The van der Waals surface area contributed by atoms with E-state index in [1.807, 2.05) is 17.5 Å². The average Bonchev–Trinajstić information content (AvgIpc) is 3.64. The van der Waals surface area contributed by atoms with Crippen LogP contribution in [-0.4, -0.2) is 44.7 Å². The lowest BCUT2D eigenvalue weighted by atomic mass is 10.1. The summed E-state index contributed by atoms with van der Waals surface area (Å²) in [6, 6.07) is 14.0. The summed E-state index contributed by atoms with van der Waals surface area (Å²) in [5, 5.41) is 18.7. The van der Waals surface area contributed by atoms with Gasteiger partial charge in [-0.25, -0.2) is 13.4 Å². The first kappa shape index (κ1) is 27.6. The molecule has 1 saturated heterocycles. The van der Waals surface area contributed by atoms with Gasteiger partial charge in [0.05, 0.1) is 39.4 Å². The summed E-state index contributed by atoms with van der Waals surface area (Å²) in [7, 11) is -2.85. The van der Waals surface area contributed by atoms with Gasteiger partial charge in [0.1, 0.15) is 16.3 Å². The highest BCUT2D eigenvalue weighted by Crippen LogP contribution is 2.36. The van der Waals surface area contributed by atoms with Crippen LogP contribution in [0.3, 0.4) is 0 Å². The minimum atomic E-state index is -4.27. The van der Waals surface area contributed by atoms with Gasteiger partial charge in [0.25, 0.3) is 15.7 Å². The molecule has 0 unspecified atom stereocenters. The third kappa shape index (κ3) is 6.08. The van der Waals surface area contributed by atoms with Crippen LogP contribution in [0.25, 0.3) is 10.6 Å². The fourth-order valence-corrected chi connectivity index (χ4v) is 7.29. The lowest BCUT2D eigenvalue weighted by Gasteiger charge is -2.25. The second-order valence-corrected chi connectivity index (χ2v) is 12.5. The highest BCUT2D eigenvalue weighted by molar-refractivity contribution is 7.93. The number of thiazole rings is 1. The summed E-state index contributed by atoms with van der Waals surface area (Å²) in [5.74, 6) is 0.305. The van der Waals surface area contributed by atoms with E-state index in [0.717, 1.165) is 52.6 Å². The number of methoxy groups -OCH3 is 1. The molecule has 0 radical (unpaired) electrons. The molecular weight excluding hydrogens is 573 g/mol. The van der Waals surface area contributed by atoms with Gasteiger partial charge < -0.3 is 9.64 Å². The lowest BCUT2D eigenvalue weighted by Crippen LogP contribution is -2.29. The van der Waals surface area contributed by atoms with Gasteiger partial charge in [-0.15, -0.1) is 11.3 Å². The second kappa shape index (κ2) is 12.0. The first-order valence-corrected chi connectivity index (χ1v) is 15.6. The summed E-state index contributed by atoms with van der Waals surface area (Å²) in [6.45, 7) is 1.91. The number of nitro benzene ring substituents is 1. The molecule has 11 nitrogen and oxygen atoms in total. The minimum Gasteiger partial charge on any atom is -0.495 e. The van der Waals surface area contributed by atoms with Crippen LogP contribution in [-0.2, 0) is 10.0 Å². The number of non-ortho nitro benzene ring substituents is 1. The normalized spacial score (nSPS) is 13.9. The molecule has 208 valence electrons. The zero-order valence-corrected chi connectivity index (χ0v) is 23.9. The lowest BCUT2D eigenvalue weighted by molar-refractivity contribution is -0.385. The van der Waals surface area contributed by atoms with Crippen LogP contribution >= 0.6 is 22.7 Å². The third-order valence-electron chi connectivity index (χ3n) is 6.21. The molecule has 2 N–H and O–H groups in total. The molecule has 40 heavy (non-hydrogen) atoms. The maximum atomic E-state index is 13.4. The maximum absolute atomic E-state index is 13.4. The number of piperidine rings is 1. The van der Waals surface area contributed by atoms with Gasteiger partial charge in [0.2, 0.25) is 0 Å². The first-order chi connectivity index (χ1) is 19.4. The number of aromatic nitrogens is 1. The van der Waals surface area contributed by atoms with Crippen molar-refractivity contribution in [2.45, 2.75) is 24.2 Å². The number of para-hydroxylation sites is 2. The smallest absolute Gasteiger partial charge is 0.270 e. The average molecular weight is 599 g/mol. The molecule has 0 atom stereocenters. The molecule has 5 rings (SSSR count). The number of hydrazone groups is 1. The van der Waals surface area contributed by atoms with Crippen molar-refractivity contribution in [2.24, 2.45) is 5.10 Å². The minimum absolute atomic E-state index is 0.0719. The number of hydrogen-bond acceptors (Lipinski definition) is 11. The molecule has 0 amide bonds. The highest BCUT2D eigenvalue weighted by Gasteiger charge is 2.24. The Morgan fingerprint density at radius 1 is 1.10 bits per heavy atom. The molecule has 0 saturated carbocycles. The Labute approximate surface area is 239 Å². The Morgan fingerprint density at radius 3 is 2.62 bits per heavy atom. The largest absolute Gasteiger partial charge is 0.495 e. The van der Waals surface area contributed by atoms with Crippen LogP contribution in [0, 0.1) is 10.1 Å². The van der Waals surface area contributed by atoms with Crippen molar-refractivity contribution in [3.05, 3.63) is 75.0 Å². The van der Waals surface area contributed by atoms with Crippen molar-refractivity contribution in [1.29, 1.82) is 0 Å². The van der Waals surface area contributed by atoms with Gasteiger partial charge in [-0.1, -0.05) is 29.5 Å². The van der Waals surface area contributed by atoms with E-state index in [1.54, 1.807) is 35.8 Å². The second-order valence-electron chi connectivity index (χ2n) is 8.85. The highest BCUT2D eigenvalue weighted by atomic mass is 32.2. The van der Waals surface area contributed by atoms with Crippen molar-refractivity contribution in [1.82, 2.24) is 4.98 Å². The molecule has 1 aliphatic rings. The van der Waals surface area contributed by atoms with E-state index in [2.05, 4.69) is 20.1 Å². The van der Waals surface area contributed by atoms with Crippen LogP contribution in [0.15, 0.2) is 70.0 Å². The van der Waals surface area contributed by atoms with Gasteiger partial charge in [-0.2, -0.15) is 5.10 Å². The van der Waals surface area contributed by atoms with Gasteiger partial charge in [-0.3, -0.25) is 20.3 Å². The number of nitrogens with zero attached hydrogens (tertiary/aromatic N) is 4. The summed E-state index contributed by atoms with van der Waals surface area (Å²) >= 11 is 3.10. The zero-order chi connectivity index (χ0) is 28.1. The van der Waals surface area contributed by atoms with E-state index in [-0.39, 0.29) is 22.0 Å². The summed E-state index contributed by atoms with van der Waals surface area (Å²) in [6.07, 6.45) is 5.06. The van der Waals surface area contributed by atoms with E-state index in [9.17, 15) is 18.5 Å². The quantitative estimate of drug-likeness (QED) is 0.128. The van der Waals surface area contributed by atoms with E-state index < -0.39 is 14.9 Å². The van der Waals surface area contributed by atoms with Crippen molar-refractivity contribution in [3.8, 4) is 16.3 Å². The summed E-state index contributed by atoms with van der Waals surface area (Å²) in [5.41, 5.74) is 3.48. The van der Waals surface area contributed by atoms with Crippen LogP contribution in [0.5, 0.6) is 5.75 Å². The Bertz CT molecular complexity index is 1630. The summed E-state index contributed by atoms with van der Waals surface area (Å²) in [4.78, 5) is 19.4. The maximum Gasteiger partial charge on any atom is 0.270 e. The number of benzene rings is 2. The molecule has 1 aliphatic heterocycles. The Hall–Kier alpha value is -4.01. The molecule has 0 aliphatic carbocycles. The molecule has 14 heteroatoms. The van der Waals surface area contributed by atoms with Crippen LogP contribution in [0.2, 0.25) is 0 Å². The molecule has 2 aromatic carbocycles. The number of nitrogens with one attached hydrogen (secondary N) is 2. The van der Waals surface area contributed by atoms with Gasteiger partial charge in [0, 0.05) is 25.2 Å². The molecule has 0 bridgehead atoms. The number of rotatable bonds is 10. The van der Waals surface area contributed by atoms with Crippen molar-refractivity contribution >= 4 is 61.1 Å². The van der Waals surface area contributed by atoms with E-state index >= 15 is 0 Å². The zero-order valence-electron chi connectivity index (χ0n) is 21.4. The monoisotopic (exact) mass is 598 g/mol. The SMILES string of the molecule is COc1ccccc1NS(=O)(=O)c1cc([N+](=O)[O-])ccc1N/N=C/c1sc(N2CCCCC2)nc1-c1cccs1. The van der Waals surface area contributed by atoms with Gasteiger partial charge >= 0.3 is 0 Å². The molecule has 2 aromatic heterocycles. The molecule has 4 aromatic rings. The third-order valence-corrected chi connectivity index (χ3v) is 9.54. The number of hydrogen-bond donors (Lipinski definition) is 2. The Balaban J connectivity index is 1.46. The first-order valence-electron chi connectivity index (χ1n) is 12.4. The standard InChI is InChI=1S/C26H26N6O5S3/c1-37-21-9-4-3-8-19(21)30-40(35,36)24-16-18(32(33)34)11-12-20(24)29-27-17-23-25(22-10-7-15-38-22)28-26(39-23)31-13-5-2-6-14-31/h3-4,7-12,15-17,29-30H,2,5-6,13-14H2,1H3/b27-17+. The number of sulfonamides is 1. The van der Waals surface area contributed by atoms with Crippen LogP contribution in [0.1, 0.15) is 24.1 Å². The topological polar surface area (TPSA) is 139 Å². The molecule has 3 heterocycles. The van der Waals surface area contributed by atoms with Gasteiger partial charge in [0.15, 0.2) is 5.13 Å². The number of anilines is 3. The summed E-state index contributed by atoms with van der Waals surface area (Å²) < 4.78 is 34.5. The number of thiophene rings is 1. The fraction of sp³-hybridized carbons (Fsp3) is 0.231. The Kier molecular flexibility index (Phi) is 8.28. The molecular formula is C26H26N6O5S3. The Morgan fingerprint density at radius 2 is 1.90 bits per heavy atom. The van der Waals surface area contributed by atoms with Gasteiger partial charge in [-0.05, 0) is 48.9 Å². The number of nitro groups is 1. The van der Waals surface area contributed by atoms with E-state index in [0.29, 0.717) is 5.75 Å². The number of ether oxygens (including phenoxy) is 1. The fourth-order valence-electron chi connectivity index (χ4n) is 4.25.